The largest absolute Gasteiger partial charge is 0.496 e. The van der Waals surface area contributed by atoms with Crippen molar-refractivity contribution in [3.63, 3.8) is 0 Å². The van der Waals surface area contributed by atoms with Crippen molar-refractivity contribution < 1.29 is 24.1 Å². The molecule has 0 bridgehead atoms. The second kappa shape index (κ2) is 6.08. The smallest absolute Gasteiger partial charge is 0.336 e. The van der Waals surface area contributed by atoms with Crippen LogP contribution in [0, 0.1) is 0 Å². The lowest BCUT2D eigenvalue weighted by Gasteiger charge is -2.31. The Morgan fingerprint density at radius 3 is 2.45 bits per heavy atom. The summed E-state index contributed by atoms with van der Waals surface area (Å²) in [6.45, 7) is 2.99. The van der Waals surface area contributed by atoms with Gasteiger partial charge in [-0.2, -0.15) is 0 Å². The monoisotopic (exact) mass is 308 g/mol. The summed E-state index contributed by atoms with van der Waals surface area (Å²) in [5.74, 6) is 0.400. The van der Waals surface area contributed by atoms with Crippen molar-refractivity contribution in [2.24, 2.45) is 0 Å². The predicted octanol–water partition coefficient (Wildman–Crippen LogP) is 1.62. The minimum atomic E-state index is -1.36. The minimum Gasteiger partial charge on any atom is -0.496 e. The topological polar surface area (TPSA) is 89.1 Å². The van der Waals surface area contributed by atoms with Crippen LogP contribution in [0.1, 0.15) is 25.5 Å². The molecule has 2 atom stereocenters. The summed E-state index contributed by atoms with van der Waals surface area (Å²) >= 11 is 0. The first-order valence-corrected chi connectivity index (χ1v) is 6.83. The molecule has 0 saturated heterocycles. The molecule has 0 aliphatic heterocycles. The van der Waals surface area contributed by atoms with Gasteiger partial charge in [-0.25, -0.2) is 4.79 Å². The van der Waals surface area contributed by atoms with Gasteiger partial charge in [0.15, 0.2) is 0 Å². The molecule has 2 N–H and O–H groups in total. The van der Waals surface area contributed by atoms with Gasteiger partial charge in [0.2, 0.25) is 0 Å². The van der Waals surface area contributed by atoms with E-state index in [0.29, 0.717) is 22.3 Å². The van der Waals surface area contributed by atoms with Gasteiger partial charge in [0.25, 0.3) is 0 Å². The van der Waals surface area contributed by atoms with Crippen LogP contribution in [0.4, 0.5) is 0 Å². The Kier molecular flexibility index (Phi) is 4.55. The van der Waals surface area contributed by atoms with Crippen molar-refractivity contribution in [2.45, 2.75) is 31.7 Å². The quantitative estimate of drug-likeness (QED) is 0.816. The van der Waals surface area contributed by atoms with Crippen LogP contribution in [0.15, 0.2) is 33.5 Å². The number of benzene rings is 1. The fourth-order valence-corrected chi connectivity index (χ4v) is 2.31. The predicted molar refractivity (Wildman–Crippen MR) is 81.1 cm³/mol. The third kappa shape index (κ3) is 3.14. The van der Waals surface area contributed by atoms with Crippen LogP contribution in [0.5, 0.6) is 5.75 Å². The third-order valence-corrected chi connectivity index (χ3v) is 3.54. The van der Waals surface area contributed by atoms with Crippen molar-refractivity contribution in [1.82, 2.24) is 0 Å². The molecule has 2 aromatic rings. The van der Waals surface area contributed by atoms with Crippen molar-refractivity contribution in [1.29, 1.82) is 0 Å². The average Bonchev–Trinajstić information content (AvgIpc) is 2.46. The molecule has 1 aromatic heterocycles. The maximum atomic E-state index is 11.3. The van der Waals surface area contributed by atoms with Crippen LogP contribution in [0.3, 0.4) is 0 Å². The van der Waals surface area contributed by atoms with Gasteiger partial charge in [0.1, 0.15) is 23.5 Å². The highest BCUT2D eigenvalue weighted by Crippen LogP contribution is 2.36. The fraction of sp³-hybridized carbons (Fsp3) is 0.438. The lowest BCUT2D eigenvalue weighted by molar-refractivity contribution is -0.119. The lowest BCUT2D eigenvalue weighted by atomic mass is 9.91. The fourth-order valence-electron chi connectivity index (χ4n) is 2.31. The summed E-state index contributed by atoms with van der Waals surface area (Å²) in [7, 11) is 2.91. The van der Waals surface area contributed by atoms with Crippen molar-refractivity contribution >= 4 is 11.0 Å². The molecule has 120 valence electrons. The zero-order valence-electron chi connectivity index (χ0n) is 13.0. The summed E-state index contributed by atoms with van der Waals surface area (Å²) in [6.07, 6.45) is -1.97. The molecule has 2 rings (SSSR count). The standard InChI is InChI=1S/C16H20O6/c1-16(2,19)15(18)14(21-4)10-7-9-5-6-13(17)22-11(9)8-12(10)20-3/h5-8,14-15,18-19H,1-4H3/t14-,15-/m1/s1. The Bertz CT molecular complexity index is 713. The Labute approximate surface area is 127 Å². The Morgan fingerprint density at radius 2 is 1.91 bits per heavy atom. The number of aliphatic hydroxyl groups excluding tert-OH is 1. The molecule has 6 nitrogen and oxygen atoms in total. The molecule has 1 aromatic carbocycles. The number of ether oxygens (including phenoxy) is 2. The number of hydrogen-bond donors (Lipinski definition) is 2. The summed E-state index contributed by atoms with van der Waals surface area (Å²) in [5, 5.41) is 21.0. The van der Waals surface area contributed by atoms with Crippen molar-refractivity contribution in [3.05, 3.63) is 40.2 Å². The van der Waals surface area contributed by atoms with E-state index in [2.05, 4.69) is 0 Å². The molecule has 0 fully saturated rings. The molecule has 0 radical (unpaired) electrons. The molecule has 0 spiro atoms. The highest BCUT2D eigenvalue weighted by Gasteiger charge is 2.35. The maximum Gasteiger partial charge on any atom is 0.336 e. The molecule has 0 saturated carbocycles. The third-order valence-electron chi connectivity index (χ3n) is 3.54. The summed E-state index contributed by atoms with van der Waals surface area (Å²) < 4.78 is 15.8. The van der Waals surface area contributed by atoms with Gasteiger partial charge in [-0.1, -0.05) is 0 Å². The minimum absolute atomic E-state index is 0.376. The van der Waals surface area contributed by atoms with E-state index >= 15 is 0 Å². The average molecular weight is 308 g/mol. The van der Waals surface area contributed by atoms with Crippen LogP contribution >= 0.6 is 0 Å². The van der Waals surface area contributed by atoms with Crippen molar-refractivity contribution in [3.8, 4) is 5.75 Å². The summed E-state index contributed by atoms with van der Waals surface area (Å²) in [6, 6.07) is 6.20. The van der Waals surface area contributed by atoms with E-state index in [9.17, 15) is 15.0 Å². The highest BCUT2D eigenvalue weighted by atomic mass is 16.5. The highest BCUT2D eigenvalue weighted by molar-refractivity contribution is 5.79. The molecule has 1 heterocycles. The first-order chi connectivity index (χ1) is 10.3. The van der Waals surface area contributed by atoms with Crippen LogP contribution in [0.25, 0.3) is 11.0 Å². The molecular formula is C16H20O6. The molecular weight excluding hydrogens is 288 g/mol. The second-order valence-electron chi connectivity index (χ2n) is 5.64. The number of fused-ring (bicyclic) bond motifs is 1. The number of hydrogen-bond acceptors (Lipinski definition) is 6. The van der Waals surface area contributed by atoms with E-state index < -0.39 is 23.4 Å². The van der Waals surface area contributed by atoms with E-state index in [1.807, 2.05) is 0 Å². The molecule has 0 amide bonds. The van der Waals surface area contributed by atoms with E-state index in [0.717, 1.165) is 0 Å². The van der Waals surface area contributed by atoms with Crippen LogP contribution < -0.4 is 10.4 Å². The van der Waals surface area contributed by atoms with Crippen LogP contribution in [-0.4, -0.2) is 36.1 Å². The van der Waals surface area contributed by atoms with Gasteiger partial charge in [0.05, 0.1) is 12.7 Å². The first kappa shape index (κ1) is 16.5. The van der Waals surface area contributed by atoms with Crippen molar-refractivity contribution in [2.75, 3.05) is 14.2 Å². The zero-order valence-corrected chi connectivity index (χ0v) is 13.0. The number of aliphatic hydroxyl groups is 2. The Morgan fingerprint density at radius 1 is 1.23 bits per heavy atom. The number of methoxy groups -OCH3 is 2. The normalized spacial score (nSPS) is 14.8. The van der Waals surface area contributed by atoms with E-state index in [-0.39, 0.29) is 0 Å². The molecule has 0 aliphatic carbocycles. The van der Waals surface area contributed by atoms with Crippen LogP contribution in [0.2, 0.25) is 0 Å². The summed E-state index contributed by atoms with van der Waals surface area (Å²) in [5.41, 5.74) is -0.882. The van der Waals surface area contributed by atoms with E-state index in [1.54, 1.807) is 18.2 Å². The van der Waals surface area contributed by atoms with Gasteiger partial charge >= 0.3 is 5.63 Å². The van der Waals surface area contributed by atoms with Gasteiger partial charge in [0, 0.05) is 30.2 Å². The lowest BCUT2D eigenvalue weighted by Crippen LogP contribution is -2.41. The maximum absolute atomic E-state index is 11.3. The van der Waals surface area contributed by atoms with E-state index in [1.165, 1.54) is 34.1 Å². The van der Waals surface area contributed by atoms with Gasteiger partial charge in [-0.3, -0.25) is 0 Å². The van der Waals surface area contributed by atoms with Gasteiger partial charge in [-0.05, 0) is 26.0 Å². The SMILES string of the molecule is COc1cc2oc(=O)ccc2cc1[C@@H](OC)[C@@H](O)C(C)(C)O. The van der Waals surface area contributed by atoms with Gasteiger partial charge < -0.3 is 24.1 Å². The number of rotatable bonds is 5. The Hall–Kier alpha value is -1.89. The first-order valence-electron chi connectivity index (χ1n) is 6.83. The zero-order chi connectivity index (χ0) is 16.5. The summed E-state index contributed by atoms with van der Waals surface area (Å²) in [4.78, 5) is 11.3. The molecule has 6 heteroatoms. The second-order valence-corrected chi connectivity index (χ2v) is 5.64. The molecule has 0 unspecified atom stereocenters. The van der Waals surface area contributed by atoms with E-state index in [4.69, 9.17) is 13.9 Å². The van der Waals surface area contributed by atoms with Gasteiger partial charge in [-0.15, -0.1) is 0 Å². The van der Waals surface area contributed by atoms with Crippen LogP contribution in [-0.2, 0) is 4.74 Å². The Balaban J connectivity index is 2.61. The molecule has 22 heavy (non-hydrogen) atoms. The molecule has 0 aliphatic rings.